The van der Waals surface area contributed by atoms with Gasteiger partial charge in [-0.2, -0.15) is 18.3 Å². The molecule has 2 atom stereocenters. The van der Waals surface area contributed by atoms with Crippen LogP contribution in [0.3, 0.4) is 0 Å². The van der Waals surface area contributed by atoms with Crippen LogP contribution in [0.25, 0.3) is 22.4 Å². The highest BCUT2D eigenvalue weighted by atomic mass is 19.4. The lowest BCUT2D eigenvalue weighted by Gasteiger charge is -2.28. The number of nitrogens with zero attached hydrogens (tertiary/aromatic N) is 7. The average Bonchev–Trinajstić information content (AvgIpc) is 3.60. The zero-order valence-corrected chi connectivity index (χ0v) is 19.8. The lowest BCUT2D eigenvalue weighted by Crippen LogP contribution is -2.20. The molecule has 1 aliphatic carbocycles. The van der Waals surface area contributed by atoms with Gasteiger partial charge >= 0.3 is 6.18 Å². The van der Waals surface area contributed by atoms with Gasteiger partial charge in [-0.25, -0.2) is 19.9 Å². The smallest absolute Gasteiger partial charge is 0.373 e. The summed E-state index contributed by atoms with van der Waals surface area (Å²) in [6.45, 7) is 4.22. The molecule has 0 radical (unpaired) electrons. The number of aromatic nitrogens is 7. The molecule has 0 N–H and O–H groups in total. The Hall–Kier alpha value is -3.47. The molecule has 0 amide bonds. The standard InChI is InChI=1S/C25H24F3N7O/c1-13-14(2)32-24-22(31-13)21(16-3-6-20(29-10-16)25(26,27)28)33-23(34-24)15-7-8-36-19(9-15)17-11-30-35(12-17)18-4-5-18/h3,6,10-12,15,18-19H,4-5,7-9H2,1-2H3/t15-,19-/m0/s1. The molecule has 4 aromatic rings. The van der Waals surface area contributed by atoms with Crippen molar-refractivity contribution in [1.82, 2.24) is 34.7 Å². The van der Waals surface area contributed by atoms with Crippen LogP contribution in [0.5, 0.6) is 0 Å². The molecule has 6 rings (SSSR count). The summed E-state index contributed by atoms with van der Waals surface area (Å²) in [6, 6.07) is 2.82. The van der Waals surface area contributed by atoms with Gasteiger partial charge in [-0.15, -0.1) is 0 Å². The fraction of sp³-hybridized carbons (Fsp3) is 0.440. The molecule has 1 aliphatic heterocycles. The number of fused-ring (bicyclic) bond motifs is 1. The zero-order valence-electron chi connectivity index (χ0n) is 19.8. The molecule has 2 aliphatic rings. The van der Waals surface area contributed by atoms with Gasteiger partial charge in [0.2, 0.25) is 0 Å². The monoisotopic (exact) mass is 495 g/mol. The van der Waals surface area contributed by atoms with Crippen LogP contribution >= 0.6 is 0 Å². The second-order valence-electron chi connectivity index (χ2n) is 9.49. The van der Waals surface area contributed by atoms with E-state index in [9.17, 15) is 13.2 Å². The van der Waals surface area contributed by atoms with Crippen molar-refractivity contribution in [1.29, 1.82) is 0 Å². The maximum absolute atomic E-state index is 13.1. The summed E-state index contributed by atoms with van der Waals surface area (Å²) in [6.07, 6.45) is 4.17. The van der Waals surface area contributed by atoms with Crippen molar-refractivity contribution in [3.8, 4) is 11.3 Å². The summed E-state index contributed by atoms with van der Waals surface area (Å²) < 4.78 is 47.3. The predicted molar refractivity (Wildman–Crippen MR) is 124 cm³/mol. The molecule has 5 heterocycles. The van der Waals surface area contributed by atoms with Gasteiger partial charge in [0.15, 0.2) is 5.65 Å². The van der Waals surface area contributed by atoms with E-state index in [1.165, 1.54) is 12.3 Å². The van der Waals surface area contributed by atoms with Crippen molar-refractivity contribution >= 4 is 11.2 Å². The molecular formula is C25H24F3N7O. The highest BCUT2D eigenvalue weighted by Crippen LogP contribution is 2.40. The van der Waals surface area contributed by atoms with Gasteiger partial charge in [0.05, 0.1) is 29.7 Å². The fourth-order valence-corrected chi connectivity index (χ4v) is 4.54. The quantitative estimate of drug-likeness (QED) is 0.380. The number of hydrogen-bond acceptors (Lipinski definition) is 7. The van der Waals surface area contributed by atoms with Crippen molar-refractivity contribution in [2.75, 3.05) is 6.61 Å². The molecule has 186 valence electrons. The van der Waals surface area contributed by atoms with Crippen molar-refractivity contribution in [2.24, 2.45) is 0 Å². The van der Waals surface area contributed by atoms with Crippen molar-refractivity contribution in [2.45, 2.75) is 63.8 Å². The number of halogens is 3. The molecule has 4 aromatic heterocycles. The SMILES string of the molecule is Cc1nc2nc([C@H]3CCO[C@H](c4cnn(C5CC5)c4)C3)nc(-c3ccc(C(F)(F)F)nc3)c2nc1C. The van der Waals surface area contributed by atoms with Gasteiger partial charge in [0.1, 0.15) is 22.7 Å². The molecule has 0 spiro atoms. The Kier molecular flexibility index (Phi) is 5.47. The number of aryl methyl sites for hydroxylation is 2. The van der Waals surface area contributed by atoms with Crippen LogP contribution in [-0.2, 0) is 10.9 Å². The molecule has 36 heavy (non-hydrogen) atoms. The Morgan fingerprint density at radius 3 is 2.50 bits per heavy atom. The van der Waals surface area contributed by atoms with Crippen LogP contribution in [0.2, 0.25) is 0 Å². The lowest BCUT2D eigenvalue weighted by atomic mass is 9.92. The van der Waals surface area contributed by atoms with E-state index in [0.717, 1.165) is 36.6 Å². The third-order valence-electron chi connectivity index (χ3n) is 6.85. The van der Waals surface area contributed by atoms with Crippen LogP contribution in [0, 0.1) is 13.8 Å². The second-order valence-corrected chi connectivity index (χ2v) is 9.49. The van der Waals surface area contributed by atoms with Crippen molar-refractivity contribution < 1.29 is 17.9 Å². The Balaban J connectivity index is 1.38. The van der Waals surface area contributed by atoms with E-state index in [4.69, 9.17) is 14.7 Å². The van der Waals surface area contributed by atoms with E-state index in [0.29, 0.717) is 53.0 Å². The number of pyridine rings is 1. The molecule has 0 unspecified atom stereocenters. The van der Waals surface area contributed by atoms with E-state index in [2.05, 4.69) is 26.2 Å². The highest BCUT2D eigenvalue weighted by Gasteiger charge is 2.33. The minimum atomic E-state index is -4.52. The number of ether oxygens (including phenoxy) is 1. The van der Waals surface area contributed by atoms with Crippen molar-refractivity contribution in [3.63, 3.8) is 0 Å². The maximum atomic E-state index is 13.1. The van der Waals surface area contributed by atoms with Gasteiger partial charge < -0.3 is 4.74 Å². The summed E-state index contributed by atoms with van der Waals surface area (Å²) in [7, 11) is 0. The predicted octanol–water partition coefficient (Wildman–Crippen LogP) is 5.28. The third kappa shape index (κ3) is 4.32. The minimum Gasteiger partial charge on any atom is -0.373 e. The Labute approximate surface area is 205 Å². The Morgan fingerprint density at radius 2 is 1.78 bits per heavy atom. The second kappa shape index (κ2) is 8.58. The summed E-state index contributed by atoms with van der Waals surface area (Å²) in [5, 5.41) is 4.49. The Bertz CT molecular complexity index is 1430. The molecule has 0 aromatic carbocycles. The molecular weight excluding hydrogens is 471 g/mol. The average molecular weight is 496 g/mol. The first-order chi connectivity index (χ1) is 17.3. The fourth-order valence-electron chi connectivity index (χ4n) is 4.54. The van der Waals surface area contributed by atoms with Crippen LogP contribution in [0.15, 0.2) is 30.7 Å². The van der Waals surface area contributed by atoms with Gasteiger partial charge in [0, 0.05) is 36.0 Å². The molecule has 11 heteroatoms. The lowest BCUT2D eigenvalue weighted by molar-refractivity contribution is -0.141. The third-order valence-corrected chi connectivity index (χ3v) is 6.85. The number of alkyl halides is 3. The van der Waals surface area contributed by atoms with Crippen LogP contribution in [-0.4, -0.2) is 41.3 Å². The topological polar surface area (TPSA) is 91.5 Å². The Morgan fingerprint density at radius 1 is 0.972 bits per heavy atom. The van der Waals surface area contributed by atoms with E-state index in [1.54, 1.807) is 0 Å². The first kappa shape index (κ1) is 23.0. The zero-order chi connectivity index (χ0) is 25.0. The number of hydrogen-bond donors (Lipinski definition) is 0. The largest absolute Gasteiger partial charge is 0.433 e. The maximum Gasteiger partial charge on any atom is 0.433 e. The van der Waals surface area contributed by atoms with Crippen LogP contribution in [0.1, 0.15) is 72.2 Å². The molecule has 2 fully saturated rings. The van der Waals surface area contributed by atoms with Gasteiger partial charge in [-0.1, -0.05) is 0 Å². The highest BCUT2D eigenvalue weighted by molar-refractivity contribution is 5.86. The summed E-state index contributed by atoms with van der Waals surface area (Å²) in [5.41, 5.74) is 3.24. The molecule has 1 saturated heterocycles. The van der Waals surface area contributed by atoms with Gasteiger partial charge in [-0.3, -0.25) is 9.67 Å². The van der Waals surface area contributed by atoms with Crippen LogP contribution < -0.4 is 0 Å². The summed E-state index contributed by atoms with van der Waals surface area (Å²) >= 11 is 0. The first-order valence-electron chi connectivity index (χ1n) is 12.0. The van der Waals surface area contributed by atoms with E-state index >= 15 is 0 Å². The first-order valence-corrected chi connectivity index (χ1v) is 12.0. The molecule has 0 bridgehead atoms. The normalized spacial score (nSPS) is 20.7. The molecule has 1 saturated carbocycles. The van der Waals surface area contributed by atoms with Gasteiger partial charge in [-0.05, 0) is 51.7 Å². The van der Waals surface area contributed by atoms with E-state index in [-0.39, 0.29) is 12.0 Å². The summed E-state index contributed by atoms with van der Waals surface area (Å²) in [4.78, 5) is 22.4. The molecule has 8 nitrogen and oxygen atoms in total. The van der Waals surface area contributed by atoms with Gasteiger partial charge in [0.25, 0.3) is 0 Å². The van der Waals surface area contributed by atoms with E-state index in [1.807, 2.05) is 24.7 Å². The van der Waals surface area contributed by atoms with Crippen molar-refractivity contribution in [3.05, 3.63) is 59.2 Å². The number of rotatable bonds is 4. The minimum absolute atomic E-state index is 0.0120. The van der Waals surface area contributed by atoms with Crippen LogP contribution in [0.4, 0.5) is 13.2 Å². The van der Waals surface area contributed by atoms with E-state index < -0.39 is 11.9 Å². The summed E-state index contributed by atoms with van der Waals surface area (Å²) in [5.74, 6) is 0.569.